The van der Waals surface area contributed by atoms with Crippen LogP contribution in [0.25, 0.3) is 11.0 Å². The Bertz CT molecular complexity index is 1470. The molecule has 2 aromatic carbocycles. The van der Waals surface area contributed by atoms with Crippen molar-refractivity contribution in [1.29, 1.82) is 0 Å². The van der Waals surface area contributed by atoms with Crippen LogP contribution >= 0.6 is 22.9 Å². The van der Waals surface area contributed by atoms with E-state index in [9.17, 15) is 9.59 Å². The number of carbonyl (C=O) groups excluding carboxylic acids is 1. The monoisotopic (exact) mass is 482 g/mol. The lowest BCUT2D eigenvalue weighted by Crippen LogP contribution is -2.29. The summed E-state index contributed by atoms with van der Waals surface area (Å²) in [6, 6.07) is 9.20. The maximum atomic E-state index is 13.7. The predicted molar refractivity (Wildman–Crippen MR) is 127 cm³/mol. The average molecular weight is 483 g/mol. The first-order valence-electron chi connectivity index (χ1n) is 10.1. The third kappa shape index (κ3) is 3.29. The molecule has 0 aliphatic carbocycles. The number of aryl methyl sites for hydroxylation is 2. The molecule has 0 bridgehead atoms. The van der Waals surface area contributed by atoms with Crippen molar-refractivity contribution in [2.45, 2.75) is 19.9 Å². The van der Waals surface area contributed by atoms with E-state index in [0.29, 0.717) is 38.2 Å². The molecule has 0 saturated carbocycles. The summed E-state index contributed by atoms with van der Waals surface area (Å²) >= 11 is 7.53. The number of hydrogen-bond acceptors (Lipinski definition) is 7. The van der Waals surface area contributed by atoms with Gasteiger partial charge in [0.2, 0.25) is 5.76 Å². The second-order valence-corrected chi connectivity index (χ2v) is 9.26. The normalized spacial score (nSPS) is 15.2. The smallest absolute Gasteiger partial charge is 0.297 e. The van der Waals surface area contributed by atoms with Gasteiger partial charge in [-0.05, 0) is 50.2 Å². The molecule has 33 heavy (non-hydrogen) atoms. The fourth-order valence-corrected chi connectivity index (χ4v) is 5.16. The largest absolute Gasteiger partial charge is 0.497 e. The van der Waals surface area contributed by atoms with Gasteiger partial charge in [-0.3, -0.25) is 14.5 Å². The summed E-state index contributed by atoms with van der Waals surface area (Å²) in [6.07, 6.45) is 0. The highest BCUT2D eigenvalue weighted by Gasteiger charge is 2.46. The molecule has 0 N–H and O–H groups in total. The van der Waals surface area contributed by atoms with Gasteiger partial charge in [0.1, 0.15) is 23.1 Å². The first kappa shape index (κ1) is 21.5. The number of thiazole rings is 1. The van der Waals surface area contributed by atoms with Gasteiger partial charge >= 0.3 is 0 Å². The van der Waals surface area contributed by atoms with Gasteiger partial charge in [0, 0.05) is 15.5 Å². The molecule has 168 valence electrons. The van der Waals surface area contributed by atoms with Crippen LogP contribution in [-0.4, -0.2) is 25.1 Å². The summed E-state index contributed by atoms with van der Waals surface area (Å²) in [5.74, 6) is 0.603. The number of rotatable bonds is 4. The van der Waals surface area contributed by atoms with Crippen LogP contribution in [0.3, 0.4) is 0 Å². The summed E-state index contributed by atoms with van der Waals surface area (Å²) in [7, 11) is 3.09. The van der Waals surface area contributed by atoms with Crippen LogP contribution in [0.15, 0.2) is 45.6 Å². The molecule has 0 fully saturated rings. The SMILES string of the molecule is COc1ccc(OC)c(C2c3c(oc4ccc(Cl)cc4c3=O)C(=O)N2c2nc(C)c(C)s2)c1. The van der Waals surface area contributed by atoms with Crippen LogP contribution in [0.2, 0.25) is 5.02 Å². The van der Waals surface area contributed by atoms with Crippen molar-refractivity contribution in [3.05, 3.63) is 79.1 Å². The first-order valence-corrected chi connectivity index (χ1v) is 11.3. The molecule has 1 aliphatic heterocycles. The predicted octanol–water partition coefficient (Wildman–Crippen LogP) is 5.29. The Morgan fingerprint density at radius 3 is 2.55 bits per heavy atom. The molecule has 7 nitrogen and oxygen atoms in total. The molecule has 1 atom stereocenters. The summed E-state index contributed by atoms with van der Waals surface area (Å²) in [6.45, 7) is 3.81. The van der Waals surface area contributed by atoms with Gasteiger partial charge in [0.05, 0.1) is 30.9 Å². The molecule has 1 unspecified atom stereocenters. The van der Waals surface area contributed by atoms with Crippen molar-refractivity contribution in [3.63, 3.8) is 0 Å². The standard InChI is InChI=1S/C24H19ClN2O5S/c1-11-12(2)33-24(26-11)27-20(15-10-14(30-3)6-8-17(15)31-4)19-21(28)16-9-13(25)5-7-18(16)32-22(19)23(27)29/h5-10,20H,1-4H3. The summed E-state index contributed by atoms with van der Waals surface area (Å²) < 4.78 is 17.0. The van der Waals surface area contributed by atoms with Crippen LogP contribution in [0.4, 0.5) is 5.13 Å². The molecule has 0 saturated heterocycles. The average Bonchev–Trinajstić information content (AvgIpc) is 3.29. The van der Waals surface area contributed by atoms with E-state index in [4.69, 9.17) is 25.5 Å². The number of hydrogen-bond donors (Lipinski definition) is 0. The molecule has 0 radical (unpaired) electrons. The Kier molecular flexibility index (Phi) is 5.14. The maximum Gasteiger partial charge on any atom is 0.297 e. The Hall–Kier alpha value is -3.36. The highest BCUT2D eigenvalue weighted by Crippen LogP contribution is 2.46. The topological polar surface area (TPSA) is 81.9 Å². The van der Waals surface area contributed by atoms with Crippen LogP contribution in [0, 0.1) is 13.8 Å². The Morgan fingerprint density at radius 1 is 1.09 bits per heavy atom. The number of anilines is 1. The van der Waals surface area contributed by atoms with E-state index in [2.05, 4.69) is 4.98 Å². The molecule has 5 rings (SSSR count). The molecule has 0 spiro atoms. The van der Waals surface area contributed by atoms with E-state index in [-0.39, 0.29) is 16.8 Å². The first-order chi connectivity index (χ1) is 15.8. The third-order valence-corrected chi connectivity index (χ3v) is 7.09. The van der Waals surface area contributed by atoms with Crippen LogP contribution in [0.5, 0.6) is 11.5 Å². The minimum absolute atomic E-state index is 0.0183. The molecular weight excluding hydrogens is 464 g/mol. The van der Waals surface area contributed by atoms with Gasteiger partial charge in [-0.25, -0.2) is 4.98 Å². The van der Waals surface area contributed by atoms with Gasteiger partial charge in [-0.15, -0.1) is 11.3 Å². The molecule has 1 aliphatic rings. The van der Waals surface area contributed by atoms with E-state index in [1.807, 2.05) is 13.8 Å². The maximum absolute atomic E-state index is 13.7. The Balaban J connectivity index is 1.86. The van der Waals surface area contributed by atoms with E-state index in [1.165, 1.54) is 23.3 Å². The Labute approximate surface area is 198 Å². The molecular formula is C24H19ClN2O5S. The van der Waals surface area contributed by atoms with Gasteiger partial charge in [0.15, 0.2) is 10.6 Å². The molecule has 3 heterocycles. The number of nitrogens with zero attached hydrogens (tertiary/aromatic N) is 2. The van der Waals surface area contributed by atoms with Crippen LogP contribution in [0.1, 0.15) is 38.3 Å². The van der Waals surface area contributed by atoms with Crippen molar-refractivity contribution >= 4 is 44.9 Å². The van der Waals surface area contributed by atoms with Crippen molar-refractivity contribution in [3.8, 4) is 11.5 Å². The molecule has 1 amide bonds. The van der Waals surface area contributed by atoms with Gasteiger partial charge in [-0.2, -0.15) is 0 Å². The van der Waals surface area contributed by atoms with Crippen LogP contribution in [-0.2, 0) is 0 Å². The van der Waals surface area contributed by atoms with E-state index >= 15 is 0 Å². The summed E-state index contributed by atoms with van der Waals surface area (Å²) in [5.41, 5.74) is 1.58. The summed E-state index contributed by atoms with van der Waals surface area (Å²) in [4.78, 5) is 34.5. The number of carbonyl (C=O) groups is 1. The lowest BCUT2D eigenvalue weighted by atomic mass is 9.97. The molecule has 9 heteroatoms. The van der Waals surface area contributed by atoms with E-state index < -0.39 is 11.9 Å². The summed E-state index contributed by atoms with van der Waals surface area (Å²) in [5, 5.41) is 1.17. The zero-order valence-electron chi connectivity index (χ0n) is 18.3. The molecule has 2 aromatic heterocycles. The lowest BCUT2D eigenvalue weighted by molar-refractivity contribution is 0.0970. The van der Waals surface area contributed by atoms with Crippen molar-refractivity contribution in [2.75, 3.05) is 19.1 Å². The minimum Gasteiger partial charge on any atom is -0.497 e. The lowest BCUT2D eigenvalue weighted by Gasteiger charge is -2.24. The second kappa shape index (κ2) is 7.90. The van der Waals surface area contributed by atoms with E-state index in [0.717, 1.165) is 10.6 Å². The fraction of sp³-hybridized carbons (Fsp3) is 0.208. The quantitative estimate of drug-likeness (QED) is 0.393. The minimum atomic E-state index is -0.817. The number of halogens is 1. The number of amides is 1. The second-order valence-electron chi connectivity index (χ2n) is 7.64. The fourth-order valence-electron chi connectivity index (χ4n) is 4.05. The number of fused-ring (bicyclic) bond motifs is 2. The zero-order valence-corrected chi connectivity index (χ0v) is 19.8. The zero-order chi connectivity index (χ0) is 23.4. The number of methoxy groups -OCH3 is 2. The highest BCUT2D eigenvalue weighted by molar-refractivity contribution is 7.15. The number of benzene rings is 2. The third-order valence-electron chi connectivity index (χ3n) is 5.79. The van der Waals surface area contributed by atoms with Crippen molar-refractivity contribution in [2.24, 2.45) is 0 Å². The number of ether oxygens (including phenoxy) is 2. The highest BCUT2D eigenvalue weighted by atomic mass is 35.5. The van der Waals surface area contributed by atoms with Gasteiger partial charge in [-0.1, -0.05) is 11.6 Å². The Morgan fingerprint density at radius 2 is 1.88 bits per heavy atom. The van der Waals surface area contributed by atoms with Gasteiger partial charge < -0.3 is 13.9 Å². The molecule has 4 aromatic rings. The van der Waals surface area contributed by atoms with Crippen LogP contribution < -0.4 is 19.8 Å². The van der Waals surface area contributed by atoms with Crippen molar-refractivity contribution in [1.82, 2.24) is 4.98 Å². The van der Waals surface area contributed by atoms with E-state index in [1.54, 1.807) is 43.5 Å². The van der Waals surface area contributed by atoms with Gasteiger partial charge in [0.25, 0.3) is 5.91 Å². The van der Waals surface area contributed by atoms with Crippen molar-refractivity contribution < 1.29 is 18.7 Å². The number of aromatic nitrogens is 1.